The van der Waals surface area contributed by atoms with Crippen molar-refractivity contribution in [3.63, 3.8) is 0 Å². The van der Waals surface area contributed by atoms with Crippen molar-refractivity contribution in [3.8, 4) is 5.69 Å². The molecule has 5 heteroatoms. The molecule has 0 bridgehead atoms. The van der Waals surface area contributed by atoms with Crippen molar-refractivity contribution in [2.45, 2.75) is 13.3 Å². The van der Waals surface area contributed by atoms with Crippen LogP contribution in [0.4, 0.5) is 0 Å². The lowest BCUT2D eigenvalue weighted by atomic mass is 10.1. The Morgan fingerprint density at radius 2 is 2.29 bits per heavy atom. The Labute approximate surface area is 98.7 Å². The van der Waals surface area contributed by atoms with E-state index in [-0.39, 0.29) is 6.61 Å². The first-order valence-corrected chi connectivity index (χ1v) is 5.33. The summed E-state index contributed by atoms with van der Waals surface area (Å²) >= 11 is 0. The van der Waals surface area contributed by atoms with Crippen molar-refractivity contribution in [3.05, 3.63) is 41.2 Å². The monoisotopic (exact) mass is 231 g/mol. The molecule has 0 aliphatic carbocycles. The molecule has 1 heterocycles. The van der Waals surface area contributed by atoms with Gasteiger partial charge in [0.15, 0.2) is 0 Å². The summed E-state index contributed by atoms with van der Waals surface area (Å²) in [6, 6.07) is 5.51. The molecule has 2 aromatic rings. The predicted octanol–water partition coefficient (Wildman–Crippen LogP) is 0.923. The third kappa shape index (κ3) is 2.39. The van der Waals surface area contributed by atoms with Gasteiger partial charge in [-0.1, -0.05) is 11.3 Å². The number of nitrogens with zero attached hydrogens (tertiary/aromatic N) is 3. The van der Waals surface area contributed by atoms with E-state index in [1.54, 1.807) is 16.9 Å². The molecule has 0 amide bonds. The highest BCUT2D eigenvalue weighted by molar-refractivity contribution is 5.78. The van der Waals surface area contributed by atoms with Crippen LogP contribution in [0.3, 0.4) is 0 Å². The molecule has 0 saturated carbocycles. The molecule has 0 aliphatic heterocycles. The number of carbonyl (C=O) groups excluding carboxylic acids is 1. The molecule has 0 aliphatic rings. The summed E-state index contributed by atoms with van der Waals surface area (Å²) in [6.45, 7) is 1.93. The Balaban J connectivity index is 2.35. The van der Waals surface area contributed by atoms with Crippen molar-refractivity contribution in [1.82, 2.24) is 15.0 Å². The fourth-order valence-electron chi connectivity index (χ4n) is 1.55. The van der Waals surface area contributed by atoms with Crippen molar-refractivity contribution < 1.29 is 9.90 Å². The molecule has 5 nitrogen and oxygen atoms in total. The number of rotatable bonds is 4. The van der Waals surface area contributed by atoms with E-state index < -0.39 is 0 Å². The largest absolute Gasteiger partial charge is 0.396 e. The zero-order valence-electron chi connectivity index (χ0n) is 9.50. The fourth-order valence-corrected chi connectivity index (χ4v) is 1.55. The third-order valence-corrected chi connectivity index (χ3v) is 2.56. The average molecular weight is 231 g/mol. The Morgan fingerprint density at radius 3 is 3.00 bits per heavy atom. The number of aliphatic hydroxyl groups excluding tert-OH is 1. The summed E-state index contributed by atoms with van der Waals surface area (Å²) in [7, 11) is 0. The summed E-state index contributed by atoms with van der Waals surface area (Å²) in [5, 5.41) is 16.7. The minimum atomic E-state index is 0.0478. The van der Waals surface area contributed by atoms with Gasteiger partial charge in [0.1, 0.15) is 6.29 Å². The quantitative estimate of drug-likeness (QED) is 0.794. The number of hydrogen-bond acceptors (Lipinski definition) is 4. The van der Waals surface area contributed by atoms with E-state index in [4.69, 9.17) is 5.11 Å². The molecule has 0 atom stereocenters. The van der Waals surface area contributed by atoms with E-state index in [1.807, 2.05) is 19.1 Å². The molecule has 1 aromatic carbocycles. The number of benzene rings is 1. The first kappa shape index (κ1) is 11.5. The van der Waals surface area contributed by atoms with Gasteiger partial charge in [-0.25, -0.2) is 4.68 Å². The Bertz CT molecular complexity index is 534. The zero-order chi connectivity index (χ0) is 12.3. The van der Waals surface area contributed by atoms with Gasteiger partial charge in [-0.15, -0.1) is 5.10 Å². The number of aliphatic hydroxyl groups is 1. The molecule has 1 aromatic heterocycles. The van der Waals surface area contributed by atoms with Gasteiger partial charge >= 0.3 is 0 Å². The molecule has 88 valence electrons. The maximum absolute atomic E-state index is 10.8. The summed E-state index contributed by atoms with van der Waals surface area (Å²) in [6.07, 6.45) is 3.05. The fraction of sp³-hybridized carbons (Fsp3) is 0.250. The van der Waals surface area contributed by atoms with E-state index >= 15 is 0 Å². The molecule has 0 unspecified atom stereocenters. The molecule has 1 N–H and O–H groups in total. The molecule has 0 saturated heterocycles. The van der Waals surface area contributed by atoms with Gasteiger partial charge in [-0.3, -0.25) is 4.79 Å². The first-order chi connectivity index (χ1) is 8.24. The number of aldehydes is 1. The molecule has 2 rings (SSSR count). The standard InChI is InChI=1S/C12H13N3O2/c1-9-2-3-12(6-10(9)8-17)15-7-11(4-5-16)13-14-15/h2-3,6-8,16H,4-5H2,1H3. The van der Waals surface area contributed by atoms with Gasteiger partial charge in [0.2, 0.25) is 0 Å². The summed E-state index contributed by atoms with van der Waals surface area (Å²) in [5.74, 6) is 0. The van der Waals surface area contributed by atoms with Crippen molar-refractivity contribution in [1.29, 1.82) is 0 Å². The van der Waals surface area contributed by atoms with Crippen LogP contribution in [0.1, 0.15) is 21.6 Å². The Hall–Kier alpha value is -2.01. The zero-order valence-corrected chi connectivity index (χ0v) is 9.50. The van der Waals surface area contributed by atoms with Crippen LogP contribution in [0.5, 0.6) is 0 Å². The van der Waals surface area contributed by atoms with Crippen molar-refractivity contribution in [2.75, 3.05) is 6.61 Å². The highest BCUT2D eigenvalue weighted by Gasteiger charge is 2.04. The topological polar surface area (TPSA) is 68.0 Å². The molecule has 0 fully saturated rings. The predicted molar refractivity (Wildman–Crippen MR) is 62.3 cm³/mol. The van der Waals surface area contributed by atoms with E-state index in [9.17, 15) is 4.79 Å². The van der Waals surface area contributed by atoms with Crippen molar-refractivity contribution in [2.24, 2.45) is 0 Å². The lowest BCUT2D eigenvalue weighted by molar-refractivity contribution is 0.112. The smallest absolute Gasteiger partial charge is 0.150 e. The number of aryl methyl sites for hydroxylation is 1. The van der Waals surface area contributed by atoms with Crippen LogP contribution in [0.2, 0.25) is 0 Å². The van der Waals surface area contributed by atoms with E-state index in [0.717, 1.165) is 23.2 Å². The third-order valence-electron chi connectivity index (χ3n) is 2.56. The molecular formula is C12H13N3O2. The second-order valence-electron chi connectivity index (χ2n) is 3.79. The van der Waals surface area contributed by atoms with Gasteiger partial charge in [0.25, 0.3) is 0 Å². The summed E-state index contributed by atoms with van der Waals surface area (Å²) in [4.78, 5) is 10.8. The van der Waals surface area contributed by atoms with Gasteiger partial charge in [0.05, 0.1) is 17.6 Å². The highest BCUT2D eigenvalue weighted by Crippen LogP contribution is 2.12. The molecular weight excluding hydrogens is 218 g/mol. The second-order valence-corrected chi connectivity index (χ2v) is 3.79. The minimum absolute atomic E-state index is 0.0478. The second kappa shape index (κ2) is 4.88. The van der Waals surface area contributed by atoms with Crippen LogP contribution in [-0.2, 0) is 6.42 Å². The van der Waals surface area contributed by atoms with Crippen LogP contribution in [-0.4, -0.2) is 33.0 Å². The summed E-state index contributed by atoms with van der Waals surface area (Å²) < 4.78 is 1.59. The van der Waals surface area contributed by atoms with Crippen LogP contribution < -0.4 is 0 Å². The van der Waals surface area contributed by atoms with E-state index in [0.29, 0.717) is 12.0 Å². The minimum Gasteiger partial charge on any atom is -0.396 e. The number of aromatic nitrogens is 3. The SMILES string of the molecule is Cc1ccc(-n2cc(CCO)nn2)cc1C=O. The van der Waals surface area contributed by atoms with Crippen LogP contribution in [0, 0.1) is 6.92 Å². The maximum atomic E-state index is 10.8. The van der Waals surface area contributed by atoms with Crippen molar-refractivity contribution >= 4 is 6.29 Å². The Morgan fingerprint density at radius 1 is 1.47 bits per heavy atom. The van der Waals surface area contributed by atoms with Gasteiger partial charge in [0, 0.05) is 18.6 Å². The van der Waals surface area contributed by atoms with Crippen LogP contribution in [0.15, 0.2) is 24.4 Å². The molecule has 17 heavy (non-hydrogen) atoms. The number of hydrogen-bond donors (Lipinski definition) is 1. The summed E-state index contributed by atoms with van der Waals surface area (Å²) in [5.41, 5.74) is 3.08. The lowest BCUT2D eigenvalue weighted by Gasteiger charge is -2.03. The molecule has 0 spiro atoms. The van der Waals surface area contributed by atoms with E-state index in [2.05, 4.69) is 10.3 Å². The van der Waals surface area contributed by atoms with Crippen LogP contribution in [0.25, 0.3) is 5.69 Å². The van der Waals surface area contributed by atoms with Gasteiger partial charge in [-0.2, -0.15) is 0 Å². The lowest BCUT2D eigenvalue weighted by Crippen LogP contribution is -1.97. The Kier molecular flexibility index (Phi) is 3.30. The van der Waals surface area contributed by atoms with E-state index in [1.165, 1.54) is 0 Å². The average Bonchev–Trinajstić information content (AvgIpc) is 2.79. The first-order valence-electron chi connectivity index (χ1n) is 5.33. The molecule has 0 radical (unpaired) electrons. The van der Waals surface area contributed by atoms with Crippen LogP contribution >= 0.6 is 0 Å². The normalized spacial score (nSPS) is 10.5. The highest BCUT2D eigenvalue weighted by atomic mass is 16.3. The van der Waals surface area contributed by atoms with Gasteiger partial charge in [-0.05, 0) is 24.6 Å². The number of carbonyl (C=O) groups is 1. The maximum Gasteiger partial charge on any atom is 0.150 e. The van der Waals surface area contributed by atoms with Gasteiger partial charge < -0.3 is 5.11 Å².